The third kappa shape index (κ3) is 6.43. The topological polar surface area (TPSA) is 55.1 Å². The summed E-state index contributed by atoms with van der Waals surface area (Å²) in [5, 5.41) is 11.5. The number of aromatic nitrogens is 1. The minimum absolute atomic E-state index is 0.227. The van der Waals surface area contributed by atoms with Crippen LogP contribution < -0.4 is 4.74 Å². The van der Waals surface area contributed by atoms with Gasteiger partial charge in [-0.3, -0.25) is 0 Å². The molecule has 3 aromatic rings. The Bertz CT molecular complexity index is 1280. The molecule has 36 heavy (non-hydrogen) atoms. The zero-order valence-corrected chi connectivity index (χ0v) is 24.1. The number of fused-ring (bicyclic) bond motifs is 1. The van der Waals surface area contributed by atoms with E-state index in [-0.39, 0.29) is 5.04 Å². The van der Waals surface area contributed by atoms with Crippen LogP contribution in [0.1, 0.15) is 56.4 Å². The molecule has 1 atom stereocenters. The van der Waals surface area contributed by atoms with Crippen LogP contribution in [0.3, 0.4) is 0 Å². The number of hydrogen-bond donors (Lipinski definition) is 0. The fraction of sp³-hybridized carbons (Fsp3) is 0.419. The first-order chi connectivity index (χ1) is 16.9. The van der Waals surface area contributed by atoms with Crippen LogP contribution in [0.15, 0.2) is 54.6 Å². The van der Waals surface area contributed by atoms with E-state index in [1.165, 1.54) is 0 Å². The number of hydrogen-bond acceptors (Lipinski definition) is 4. The van der Waals surface area contributed by atoms with E-state index >= 15 is 0 Å². The van der Waals surface area contributed by atoms with Gasteiger partial charge in [-0.2, -0.15) is 5.26 Å². The van der Waals surface area contributed by atoms with Gasteiger partial charge in [0.15, 0.2) is 8.32 Å². The number of pyridine rings is 1. The standard InChI is InChI=1S/C31H40N2O2Si/c1-23-18-26-15-16-27(20-28(26)33-29(23)34-6)31(5,22-32)21-25-14-11-13-24(19-25)12-9-10-17-35-36(7,8)30(2,3)4/h9,11-16,18-20H,10,17,21H2,1-8H3/b12-9+. The molecule has 0 amide bonds. The maximum atomic E-state index is 10.2. The van der Waals surface area contributed by atoms with Gasteiger partial charge in [-0.05, 0) is 73.6 Å². The number of benzene rings is 2. The molecule has 0 fully saturated rings. The van der Waals surface area contributed by atoms with Crippen molar-refractivity contribution < 1.29 is 9.16 Å². The molecular weight excluding hydrogens is 460 g/mol. The second-order valence-corrected chi connectivity index (χ2v) is 16.2. The van der Waals surface area contributed by atoms with E-state index in [0.717, 1.165) is 46.2 Å². The lowest BCUT2D eigenvalue weighted by atomic mass is 9.78. The first-order valence-electron chi connectivity index (χ1n) is 12.7. The predicted molar refractivity (Wildman–Crippen MR) is 153 cm³/mol. The molecule has 1 unspecified atom stereocenters. The summed E-state index contributed by atoms with van der Waals surface area (Å²) in [7, 11) is -0.0758. The van der Waals surface area contributed by atoms with Crippen LogP contribution >= 0.6 is 0 Å². The molecule has 1 heterocycles. The highest BCUT2D eigenvalue weighted by molar-refractivity contribution is 6.74. The Morgan fingerprint density at radius 3 is 2.47 bits per heavy atom. The van der Waals surface area contributed by atoms with Gasteiger partial charge in [0.2, 0.25) is 5.88 Å². The van der Waals surface area contributed by atoms with Crippen molar-refractivity contribution in [3.05, 3.63) is 76.9 Å². The van der Waals surface area contributed by atoms with Crippen LogP contribution in [-0.2, 0) is 16.3 Å². The number of aryl methyl sites for hydroxylation is 1. The zero-order chi connectivity index (χ0) is 26.6. The van der Waals surface area contributed by atoms with Crippen LogP contribution in [0, 0.1) is 18.3 Å². The average molecular weight is 501 g/mol. The molecule has 0 radical (unpaired) electrons. The highest BCUT2D eigenvalue weighted by Crippen LogP contribution is 2.36. The van der Waals surface area contributed by atoms with Crippen molar-refractivity contribution >= 4 is 25.3 Å². The maximum absolute atomic E-state index is 10.2. The van der Waals surface area contributed by atoms with E-state index in [4.69, 9.17) is 9.16 Å². The van der Waals surface area contributed by atoms with Gasteiger partial charge in [0.25, 0.3) is 0 Å². The Labute approximate surface area is 218 Å². The number of nitriles is 1. The van der Waals surface area contributed by atoms with Gasteiger partial charge >= 0.3 is 0 Å². The van der Waals surface area contributed by atoms with E-state index in [1.807, 2.05) is 32.0 Å². The Morgan fingerprint density at radius 2 is 1.81 bits per heavy atom. The molecule has 5 heteroatoms. The molecule has 0 saturated carbocycles. The molecule has 0 spiro atoms. The highest BCUT2D eigenvalue weighted by Gasteiger charge is 2.36. The molecule has 0 aliphatic rings. The summed E-state index contributed by atoms with van der Waals surface area (Å²) in [5.41, 5.74) is 4.39. The summed E-state index contributed by atoms with van der Waals surface area (Å²) >= 11 is 0. The predicted octanol–water partition coefficient (Wildman–Crippen LogP) is 8.00. The van der Waals surface area contributed by atoms with Gasteiger partial charge in [-0.25, -0.2) is 4.98 Å². The van der Waals surface area contributed by atoms with Crippen LogP contribution in [0.4, 0.5) is 0 Å². The number of methoxy groups -OCH3 is 1. The summed E-state index contributed by atoms with van der Waals surface area (Å²) in [6, 6.07) is 19.2. The lowest BCUT2D eigenvalue weighted by Gasteiger charge is -2.36. The SMILES string of the molecule is COc1nc2cc(C(C)(C#N)Cc3cccc(/C=C/CCO[Si](C)(C)C(C)(C)C)c3)ccc2cc1C. The third-order valence-corrected chi connectivity index (χ3v) is 11.9. The smallest absolute Gasteiger partial charge is 0.216 e. The monoisotopic (exact) mass is 500 g/mol. The lowest BCUT2D eigenvalue weighted by Crippen LogP contribution is -2.40. The second kappa shape index (κ2) is 11.0. The molecular formula is C31H40N2O2Si. The van der Waals surface area contributed by atoms with E-state index in [1.54, 1.807) is 7.11 Å². The summed E-state index contributed by atoms with van der Waals surface area (Å²) in [4.78, 5) is 4.65. The molecule has 0 saturated heterocycles. The third-order valence-electron chi connectivity index (χ3n) is 7.41. The first-order valence-corrected chi connectivity index (χ1v) is 15.6. The van der Waals surface area contributed by atoms with Crippen molar-refractivity contribution in [2.45, 2.75) is 71.0 Å². The highest BCUT2D eigenvalue weighted by atomic mass is 28.4. The van der Waals surface area contributed by atoms with E-state index < -0.39 is 13.7 Å². The second-order valence-electron chi connectivity index (χ2n) is 11.4. The Morgan fingerprint density at radius 1 is 1.06 bits per heavy atom. The summed E-state index contributed by atoms with van der Waals surface area (Å²) < 4.78 is 11.7. The Balaban J connectivity index is 1.73. The van der Waals surface area contributed by atoms with Crippen molar-refractivity contribution in [1.82, 2.24) is 4.98 Å². The molecule has 0 aliphatic heterocycles. The molecule has 2 aromatic carbocycles. The zero-order valence-electron chi connectivity index (χ0n) is 23.1. The number of rotatable bonds is 9. The van der Waals surface area contributed by atoms with Gasteiger partial charge < -0.3 is 9.16 Å². The number of ether oxygens (including phenoxy) is 1. The number of nitrogens with zero attached hydrogens (tertiary/aromatic N) is 2. The van der Waals surface area contributed by atoms with E-state index in [9.17, 15) is 5.26 Å². The van der Waals surface area contributed by atoms with Crippen LogP contribution in [0.2, 0.25) is 18.1 Å². The summed E-state index contributed by atoms with van der Waals surface area (Å²) in [6.45, 7) is 16.1. The van der Waals surface area contributed by atoms with Crippen LogP contribution in [0.5, 0.6) is 5.88 Å². The van der Waals surface area contributed by atoms with Gasteiger partial charge in [-0.15, -0.1) is 0 Å². The van der Waals surface area contributed by atoms with Crippen molar-refractivity contribution in [3.63, 3.8) is 0 Å². The fourth-order valence-electron chi connectivity index (χ4n) is 4.04. The molecule has 0 aliphatic carbocycles. The molecule has 190 valence electrons. The molecule has 0 bridgehead atoms. The van der Waals surface area contributed by atoms with Gasteiger partial charge in [0.05, 0.1) is 24.1 Å². The van der Waals surface area contributed by atoms with E-state index in [2.05, 4.69) is 87.4 Å². The quantitative estimate of drug-likeness (QED) is 0.221. The maximum Gasteiger partial charge on any atom is 0.216 e. The molecule has 3 rings (SSSR count). The lowest BCUT2D eigenvalue weighted by molar-refractivity contribution is 0.294. The van der Waals surface area contributed by atoms with E-state index in [0.29, 0.717) is 12.3 Å². The minimum atomic E-state index is -1.71. The summed E-state index contributed by atoms with van der Waals surface area (Å²) in [6.07, 6.45) is 5.84. The molecule has 4 nitrogen and oxygen atoms in total. The van der Waals surface area contributed by atoms with Gasteiger partial charge in [0, 0.05) is 17.6 Å². The largest absolute Gasteiger partial charge is 0.481 e. The first kappa shape index (κ1) is 27.6. The van der Waals surface area contributed by atoms with Crippen molar-refractivity contribution in [2.75, 3.05) is 13.7 Å². The van der Waals surface area contributed by atoms with Gasteiger partial charge in [0.1, 0.15) is 0 Å². The van der Waals surface area contributed by atoms with Crippen molar-refractivity contribution in [3.8, 4) is 11.9 Å². The Kier molecular flexibility index (Phi) is 8.43. The van der Waals surface area contributed by atoms with Crippen LogP contribution in [0.25, 0.3) is 17.0 Å². The minimum Gasteiger partial charge on any atom is -0.481 e. The average Bonchev–Trinajstić information content (AvgIpc) is 2.82. The Hall–Kier alpha value is -2.94. The fourth-order valence-corrected chi connectivity index (χ4v) is 5.11. The van der Waals surface area contributed by atoms with Crippen molar-refractivity contribution in [1.29, 1.82) is 5.26 Å². The molecule has 0 N–H and O–H groups in total. The van der Waals surface area contributed by atoms with Gasteiger partial charge in [-0.1, -0.05) is 69.3 Å². The molecule has 1 aromatic heterocycles. The normalized spacial score (nSPS) is 14.1. The van der Waals surface area contributed by atoms with Crippen molar-refractivity contribution in [2.24, 2.45) is 0 Å². The van der Waals surface area contributed by atoms with Crippen LogP contribution in [-0.4, -0.2) is 27.0 Å². The summed E-state index contributed by atoms with van der Waals surface area (Å²) in [5.74, 6) is 0.618.